The molecule has 0 fully saturated rings. The molecule has 0 amide bonds. The van der Waals surface area contributed by atoms with Crippen LogP contribution in [0.1, 0.15) is 0 Å². The lowest BCUT2D eigenvalue weighted by Crippen LogP contribution is -1.92. The molecule has 3 aromatic carbocycles. The number of hydrogen-bond acceptors (Lipinski definition) is 3. The summed E-state index contributed by atoms with van der Waals surface area (Å²) in [6, 6.07) is 24.7. The van der Waals surface area contributed by atoms with Gasteiger partial charge in [-0.05, 0) is 69.3 Å². The second-order valence-corrected chi connectivity index (χ2v) is 7.66. The van der Waals surface area contributed by atoms with Crippen molar-refractivity contribution < 1.29 is 14.2 Å². The molecule has 4 heteroatoms. The fraction of sp³-hybridized carbons (Fsp3) is 0.143. The number of thiol groups is 1. The molecule has 0 radical (unpaired) electrons. The molecule has 0 bridgehead atoms. The summed E-state index contributed by atoms with van der Waals surface area (Å²) in [6.45, 7) is 0. The average Bonchev–Trinajstić information content (AvgIpc) is 2.68. The molecule has 0 saturated heterocycles. The molecule has 0 spiro atoms. The predicted molar refractivity (Wildman–Crippen MR) is 103 cm³/mol. The largest absolute Gasteiger partial charge is 0.497 e. The van der Waals surface area contributed by atoms with E-state index in [9.17, 15) is 0 Å². The zero-order valence-electron chi connectivity index (χ0n) is 14.6. The number of rotatable bonds is 6. The first-order chi connectivity index (χ1) is 12.2. The maximum atomic E-state index is 5.43. The van der Waals surface area contributed by atoms with Gasteiger partial charge in [0.2, 0.25) is 0 Å². The fourth-order valence-corrected chi connectivity index (χ4v) is 5.06. The van der Waals surface area contributed by atoms with E-state index in [2.05, 4.69) is 36.4 Å². The Kier molecular flexibility index (Phi) is 5.51. The molecular formula is C21H22O3S. The van der Waals surface area contributed by atoms with E-state index in [1.165, 1.54) is 14.7 Å². The molecule has 0 unspecified atom stereocenters. The smallest absolute Gasteiger partial charge is 0.119 e. The van der Waals surface area contributed by atoms with Crippen LogP contribution in [0.25, 0.3) is 0 Å². The number of benzene rings is 3. The number of methoxy groups -OCH3 is 3. The van der Waals surface area contributed by atoms with Crippen molar-refractivity contribution in [3.63, 3.8) is 0 Å². The van der Waals surface area contributed by atoms with Crippen molar-refractivity contribution in [2.75, 3.05) is 21.3 Å². The Hall–Kier alpha value is -2.59. The molecule has 130 valence electrons. The highest BCUT2D eigenvalue weighted by Gasteiger charge is 2.15. The van der Waals surface area contributed by atoms with E-state index < -0.39 is 10.9 Å². The average molecular weight is 354 g/mol. The minimum absolute atomic E-state index is 0.752. The lowest BCUT2D eigenvalue weighted by atomic mass is 10.3. The molecule has 0 saturated carbocycles. The van der Waals surface area contributed by atoms with Gasteiger partial charge in [-0.15, -0.1) is 0 Å². The van der Waals surface area contributed by atoms with Gasteiger partial charge in [-0.1, -0.05) is 18.2 Å². The van der Waals surface area contributed by atoms with Gasteiger partial charge in [0.15, 0.2) is 0 Å². The summed E-state index contributed by atoms with van der Waals surface area (Å²) >= 11 is 0. The first-order valence-electron chi connectivity index (χ1n) is 7.97. The van der Waals surface area contributed by atoms with Gasteiger partial charge in [-0.2, -0.15) is 10.9 Å². The van der Waals surface area contributed by atoms with Crippen LogP contribution in [-0.4, -0.2) is 21.3 Å². The van der Waals surface area contributed by atoms with E-state index >= 15 is 0 Å². The first-order valence-corrected chi connectivity index (χ1v) is 9.31. The number of hydrogen-bond donors (Lipinski definition) is 1. The first kappa shape index (κ1) is 17.2. The van der Waals surface area contributed by atoms with Gasteiger partial charge in [0.1, 0.15) is 17.2 Å². The van der Waals surface area contributed by atoms with Crippen molar-refractivity contribution in [2.24, 2.45) is 0 Å². The van der Waals surface area contributed by atoms with Crippen molar-refractivity contribution in [3.8, 4) is 17.2 Å². The van der Waals surface area contributed by atoms with Gasteiger partial charge in [-0.25, -0.2) is 0 Å². The van der Waals surface area contributed by atoms with E-state index in [0.29, 0.717) is 0 Å². The van der Waals surface area contributed by atoms with Gasteiger partial charge < -0.3 is 14.2 Å². The van der Waals surface area contributed by atoms with E-state index in [4.69, 9.17) is 14.2 Å². The summed E-state index contributed by atoms with van der Waals surface area (Å²) < 4.78 is 16.3. The summed E-state index contributed by atoms with van der Waals surface area (Å²) in [6.07, 6.45) is 0. The Balaban J connectivity index is 2.16. The van der Waals surface area contributed by atoms with E-state index in [1.54, 1.807) is 21.3 Å². The lowest BCUT2D eigenvalue weighted by molar-refractivity contribution is 0.413. The Bertz CT molecular complexity index is 735. The molecule has 25 heavy (non-hydrogen) atoms. The van der Waals surface area contributed by atoms with Crippen molar-refractivity contribution in [3.05, 3.63) is 72.8 Å². The standard InChI is InChI=1S/C21H22O3S/c1-22-16-7-4-10-19(13-16)25(20-11-5-8-17(14-20)23-2)21-12-6-9-18(15-21)24-3/h4-15,25H,1-3H3. The van der Waals surface area contributed by atoms with Crippen LogP contribution in [0.3, 0.4) is 0 Å². The maximum Gasteiger partial charge on any atom is 0.119 e. The molecule has 0 atom stereocenters. The second kappa shape index (κ2) is 7.99. The third-order valence-corrected chi connectivity index (χ3v) is 6.32. The van der Waals surface area contributed by atoms with Crippen LogP contribution < -0.4 is 14.2 Å². The summed E-state index contributed by atoms with van der Waals surface area (Å²) in [4.78, 5) is 3.66. The monoisotopic (exact) mass is 354 g/mol. The molecule has 0 aliphatic heterocycles. The Morgan fingerprint density at radius 2 is 0.840 bits per heavy atom. The highest BCUT2D eigenvalue weighted by molar-refractivity contribution is 8.17. The highest BCUT2D eigenvalue weighted by atomic mass is 32.2. The Labute approximate surface area is 151 Å². The summed E-state index contributed by atoms with van der Waals surface area (Å²) in [5.41, 5.74) is 0. The molecule has 3 aromatic rings. The predicted octanol–water partition coefficient (Wildman–Crippen LogP) is 5.19. The maximum absolute atomic E-state index is 5.43. The topological polar surface area (TPSA) is 27.7 Å². The van der Waals surface area contributed by atoms with Crippen molar-refractivity contribution >= 4 is 10.9 Å². The normalized spacial score (nSPS) is 10.9. The van der Waals surface area contributed by atoms with Gasteiger partial charge in [0.25, 0.3) is 0 Å². The fourth-order valence-electron chi connectivity index (χ4n) is 2.70. The minimum Gasteiger partial charge on any atom is -0.497 e. The zero-order valence-corrected chi connectivity index (χ0v) is 15.5. The van der Waals surface area contributed by atoms with Crippen LogP contribution in [0, 0.1) is 0 Å². The van der Waals surface area contributed by atoms with Crippen LogP contribution in [0.2, 0.25) is 0 Å². The number of ether oxygens (including phenoxy) is 3. The summed E-state index contributed by atoms with van der Waals surface area (Å²) in [5, 5.41) is 0. The molecule has 0 N–H and O–H groups in total. The molecule has 0 aromatic heterocycles. The van der Waals surface area contributed by atoms with E-state index in [0.717, 1.165) is 17.2 Å². The van der Waals surface area contributed by atoms with Crippen molar-refractivity contribution in [2.45, 2.75) is 14.7 Å². The molecule has 0 heterocycles. The Morgan fingerprint density at radius 1 is 0.520 bits per heavy atom. The van der Waals surface area contributed by atoms with Gasteiger partial charge in [0.05, 0.1) is 21.3 Å². The van der Waals surface area contributed by atoms with Crippen LogP contribution in [0.5, 0.6) is 17.2 Å². The second-order valence-electron chi connectivity index (χ2n) is 5.44. The summed E-state index contributed by atoms with van der Waals surface area (Å²) in [5.74, 6) is 2.57. The van der Waals surface area contributed by atoms with Crippen molar-refractivity contribution in [1.29, 1.82) is 0 Å². The van der Waals surface area contributed by atoms with E-state index in [-0.39, 0.29) is 0 Å². The molecule has 0 aliphatic carbocycles. The van der Waals surface area contributed by atoms with Gasteiger partial charge >= 0.3 is 0 Å². The molecule has 3 nitrogen and oxygen atoms in total. The van der Waals surface area contributed by atoms with Crippen LogP contribution >= 0.6 is 10.9 Å². The molecular weight excluding hydrogens is 332 g/mol. The van der Waals surface area contributed by atoms with Gasteiger partial charge in [-0.3, -0.25) is 0 Å². The van der Waals surface area contributed by atoms with Crippen LogP contribution in [0.4, 0.5) is 0 Å². The SMILES string of the molecule is COc1cccc([SH](c2cccc(OC)c2)c2cccc(OC)c2)c1. The molecule has 3 rings (SSSR count). The lowest BCUT2D eigenvalue weighted by Gasteiger charge is -2.24. The summed E-state index contributed by atoms with van der Waals surface area (Å²) in [7, 11) is 4.33. The Morgan fingerprint density at radius 3 is 1.12 bits per heavy atom. The molecule has 0 aliphatic rings. The minimum atomic E-state index is -0.752. The van der Waals surface area contributed by atoms with Crippen molar-refractivity contribution in [1.82, 2.24) is 0 Å². The van der Waals surface area contributed by atoms with E-state index in [1.807, 2.05) is 36.4 Å². The zero-order chi connectivity index (χ0) is 17.6. The van der Waals surface area contributed by atoms with Crippen LogP contribution in [0.15, 0.2) is 87.5 Å². The van der Waals surface area contributed by atoms with Crippen LogP contribution in [-0.2, 0) is 0 Å². The third-order valence-electron chi connectivity index (χ3n) is 3.93. The highest BCUT2D eigenvalue weighted by Crippen LogP contribution is 2.53. The third kappa shape index (κ3) is 3.91. The van der Waals surface area contributed by atoms with Gasteiger partial charge in [0, 0.05) is 0 Å². The quantitative estimate of drug-likeness (QED) is 0.617.